The lowest BCUT2D eigenvalue weighted by molar-refractivity contribution is 0.191. The van der Waals surface area contributed by atoms with Crippen LogP contribution >= 0.6 is 0 Å². The van der Waals surface area contributed by atoms with E-state index < -0.39 is 0 Å². The molecule has 102 valence electrons. The minimum absolute atomic E-state index is 0.670. The van der Waals surface area contributed by atoms with Gasteiger partial charge in [-0.05, 0) is 45.8 Å². The molecule has 1 aromatic heterocycles. The molecule has 1 N–H and O–H groups in total. The molecule has 1 aliphatic rings. The van der Waals surface area contributed by atoms with Crippen LogP contribution in [-0.4, -0.2) is 40.9 Å². The zero-order valence-electron chi connectivity index (χ0n) is 11.9. The maximum Gasteiger partial charge on any atom is 0.0625 e. The van der Waals surface area contributed by atoms with E-state index in [-0.39, 0.29) is 0 Å². The van der Waals surface area contributed by atoms with Gasteiger partial charge in [-0.1, -0.05) is 6.92 Å². The number of piperidine rings is 1. The van der Waals surface area contributed by atoms with Crippen LogP contribution in [0.3, 0.4) is 0 Å². The molecule has 1 aromatic rings. The Labute approximate surface area is 110 Å². The number of aromatic nitrogens is 2. The highest BCUT2D eigenvalue weighted by molar-refractivity contribution is 5.10. The van der Waals surface area contributed by atoms with Crippen LogP contribution in [0.5, 0.6) is 0 Å². The van der Waals surface area contributed by atoms with Gasteiger partial charge in [-0.3, -0.25) is 9.58 Å². The molecule has 1 fully saturated rings. The van der Waals surface area contributed by atoms with Gasteiger partial charge in [0.1, 0.15) is 0 Å². The molecule has 1 saturated heterocycles. The summed E-state index contributed by atoms with van der Waals surface area (Å²) < 4.78 is 2.14. The number of rotatable bonds is 5. The zero-order valence-corrected chi connectivity index (χ0v) is 11.9. The summed E-state index contributed by atoms with van der Waals surface area (Å²) in [7, 11) is 2.23. The lowest BCUT2D eigenvalue weighted by atomic mass is 10.1. The summed E-state index contributed by atoms with van der Waals surface area (Å²) in [6.45, 7) is 8.60. The SMILES string of the molecule is CCc1cc(CN(C)C2CCCNC2)n(CC)n1. The van der Waals surface area contributed by atoms with E-state index in [0.29, 0.717) is 6.04 Å². The summed E-state index contributed by atoms with van der Waals surface area (Å²) in [6, 6.07) is 2.93. The first-order valence-electron chi connectivity index (χ1n) is 7.21. The molecular formula is C14H26N4. The van der Waals surface area contributed by atoms with Crippen molar-refractivity contribution in [3.8, 4) is 0 Å². The average molecular weight is 250 g/mol. The van der Waals surface area contributed by atoms with Crippen LogP contribution in [0.25, 0.3) is 0 Å². The van der Waals surface area contributed by atoms with Crippen molar-refractivity contribution >= 4 is 0 Å². The minimum Gasteiger partial charge on any atom is -0.315 e. The Hall–Kier alpha value is -0.870. The molecule has 0 aliphatic carbocycles. The first-order chi connectivity index (χ1) is 8.74. The molecule has 1 unspecified atom stereocenters. The largest absolute Gasteiger partial charge is 0.315 e. The summed E-state index contributed by atoms with van der Waals surface area (Å²) in [4.78, 5) is 2.47. The van der Waals surface area contributed by atoms with Crippen molar-refractivity contribution in [2.24, 2.45) is 0 Å². The van der Waals surface area contributed by atoms with Crippen molar-refractivity contribution in [3.05, 3.63) is 17.5 Å². The van der Waals surface area contributed by atoms with Crippen LogP contribution in [0.2, 0.25) is 0 Å². The van der Waals surface area contributed by atoms with E-state index in [9.17, 15) is 0 Å². The molecule has 0 amide bonds. The minimum atomic E-state index is 0.670. The molecule has 2 heterocycles. The van der Waals surface area contributed by atoms with Crippen molar-refractivity contribution in [1.82, 2.24) is 20.0 Å². The second kappa shape index (κ2) is 6.34. The normalized spacial score (nSPS) is 20.6. The fourth-order valence-electron chi connectivity index (χ4n) is 2.68. The van der Waals surface area contributed by atoms with Gasteiger partial charge in [-0.25, -0.2) is 0 Å². The lowest BCUT2D eigenvalue weighted by Gasteiger charge is -2.31. The molecular weight excluding hydrogens is 224 g/mol. The van der Waals surface area contributed by atoms with Crippen molar-refractivity contribution in [3.63, 3.8) is 0 Å². The molecule has 0 radical (unpaired) electrons. The van der Waals surface area contributed by atoms with Gasteiger partial charge >= 0.3 is 0 Å². The molecule has 2 rings (SSSR count). The first-order valence-corrected chi connectivity index (χ1v) is 7.21. The highest BCUT2D eigenvalue weighted by Gasteiger charge is 2.19. The topological polar surface area (TPSA) is 33.1 Å². The fraction of sp³-hybridized carbons (Fsp3) is 0.786. The number of aryl methyl sites for hydroxylation is 2. The van der Waals surface area contributed by atoms with Crippen LogP contribution in [0.4, 0.5) is 0 Å². The number of nitrogens with zero attached hydrogens (tertiary/aromatic N) is 3. The number of likely N-dealkylation sites (N-methyl/N-ethyl adjacent to an activating group) is 1. The van der Waals surface area contributed by atoms with E-state index in [0.717, 1.165) is 26.1 Å². The standard InChI is InChI=1S/C14H26N4/c1-4-12-9-14(18(5-2)16-12)11-17(3)13-7-6-8-15-10-13/h9,13,15H,4-8,10-11H2,1-3H3. The molecule has 0 spiro atoms. The zero-order chi connectivity index (χ0) is 13.0. The third-order valence-corrected chi connectivity index (χ3v) is 3.88. The monoisotopic (exact) mass is 250 g/mol. The smallest absolute Gasteiger partial charge is 0.0625 e. The highest BCUT2D eigenvalue weighted by atomic mass is 15.3. The van der Waals surface area contributed by atoms with Crippen LogP contribution in [0.1, 0.15) is 38.1 Å². The summed E-state index contributed by atoms with van der Waals surface area (Å²) in [5.74, 6) is 0. The quantitative estimate of drug-likeness (QED) is 0.862. The maximum atomic E-state index is 4.62. The molecule has 0 saturated carbocycles. The van der Waals surface area contributed by atoms with Crippen LogP contribution in [0.15, 0.2) is 6.07 Å². The third kappa shape index (κ3) is 3.12. The fourth-order valence-corrected chi connectivity index (χ4v) is 2.68. The van der Waals surface area contributed by atoms with E-state index in [4.69, 9.17) is 0 Å². The van der Waals surface area contributed by atoms with Crippen LogP contribution < -0.4 is 5.32 Å². The Morgan fingerprint density at radius 1 is 1.50 bits per heavy atom. The van der Waals surface area contributed by atoms with Gasteiger partial charge in [-0.2, -0.15) is 5.10 Å². The van der Waals surface area contributed by atoms with Crippen molar-refractivity contribution in [2.45, 2.75) is 52.2 Å². The average Bonchev–Trinajstić information content (AvgIpc) is 2.82. The molecule has 0 bridgehead atoms. The van der Waals surface area contributed by atoms with E-state index in [2.05, 4.69) is 47.0 Å². The number of nitrogens with one attached hydrogen (secondary N) is 1. The molecule has 1 aliphatic heterocycles. The predicted molar refractivity (Wildman–Crippen MR) is 74.6 cm³/mol. The van der Waals surface area contributed by atoms with E-state index >= 15 is 0 Å². The van der Waals surface area contributed by atoms with E-state index in [1.807, 2.05) is 0 Å². The Morgan fingerprint density at radius 3 is 2.94 bits per heavy atom. The molecule has 4 heteroatoms. The van der Waals surface area contributed by atoms with E-state index in [1.165, 1.54) is 30.8 Å². The van der Waals surface area contributed by atoms with Gasteiger partial charge in [0.05, 0.1) is 11.4 Å². The molecule has 1 atom stereocenters. The second-order valence-electron chi connectivity index (χ2n) is 5.21. The van der Waals surface area contributed by atoms with Crippen LogP contribution in [0, 0.1) is 0 Å². The van der Waals surface area contributed by atoms with Gasteiger partial charge in [0, 0.05) is 25.7 Å². The van der Waals surface area contributed by atoms with Gasteiger partial charge in [0.15, 0.2) is 0 Å². The maximum absolute atomic E-state index is 4.62. The van der Waals surface area contributed by atoms with Gasteiger partial charge < -0.3 is 5.32 Å². The van der Waals surface area contributed by atoms with Crippen molar-refractivity contribution in [2.75, 3.05) is 20.1 Å². The summed E-state index contributed by atoms with van der Waals surface area (Å²) in [5, 5.41) is 8.10. The van der Waals surface area contributed by atoms with Gasteiger partial charge in [-0.15, -0.1) is 0 Å². The molecule has 18 heavy (non-hydrogen) atoms. The Bertz CT molecular complexity index is 366. The Morgan fingerprint density at radius 2 is 2.33 bits per heavy atom. The highest BCUT2D eigenvalue weighted by Crippen LogP contribution is 2.14. The Balaban J connectivity index is 2.00. The molecule has 4 nitrogen and oxygen atoms in total. The van der Waals surface area contributed by atoms with Crippen molar-refractivity contribution in [1.29, 1.82) is 0 Å². The summed E-state index contributed by atoms with van der Waals surface area (Å²) >= 11 is 0. The van der Waals surface area contributed by atoms with Crippen molar-refractivity contribution < 1.29 is 0 Å². The molecule has 0 aromatic carbocycles. The third-order valence-electron chi connectivity index (χ3n) is 3.88. The van der Waals surface area contributed by atoms with Gasteiger partial charge in [0.25, 0.3) is 0 Å². The van der Waals surface area contributed by atoms with E-state index in [1.54, 1.807) is 0 Å². The number of hydrogen-bond acceptors (Lipinski definition) is 3. The predicted octanol–water partition coefficient (Wildman–Crippen LogP) is 1.65. The van der Waals surface area contributed by atoms with Gasteiger partial charge in [0.2, 0.25) is 0 Å². The summed E-state index contributed by atoms with van der Waals surface area (Å²) in [5.41, 5.74) is 2.56. The summed E-state index contributed by atoms with van der Waals surface area (Å²) in [6.07, 6.45) is 3.63. The van der Waals surface area contributed by atoms with Crippen LogP contribution in [-0.2, 0) is 19.5 Å². The Kier molecular flexibility index (Phi) is 4.78. The number of hydrogen-bond donors (Lipinski definition) is 1. The lowest BCUT2D eigenvalue weighted by Crippen LogP contribution is -2.43. The first kappa shape index (κ1) is 13.6. The second-order valence-corrected chi connectivity index (χ2v) is 5.21.